The van der Waals surface area contributed by atoms with Crippen LogP contribution in [0.4, 0.5) is 0 Å². The number of amides is 2. The third kappa shape index (κ3) is 5.37. The fourth-order valence-corrected chi connectivity index (χ4v) is 4.48. The quantitative estimate of drug-likeness (QED) is 0.462. The molecule has 7 nitrogen and oxygen atoms in total. The summed E-state index contributed by atoms with van der Waals surface area (Å²) in [5.74, 6) is 0.808. The first kappa shape index (κ1) is 22.1. The molecular weight excluding hydrogens is 422 g/mol. The summed E-state index contributed by atoms with van der Waals surface area (Å²) < 4.78 is 1.95. The highest BCUT2D eigenvalue weighted by Gasteiger charge is 2.31. The van der Waals surface area contributed by atoms with Crippen molar-refractivity contribution in [2.45, 2.75) is 55.1 Å². The second-order valence-electron chi connectivity index (χ2n) is 8.01. The first-order valence-electron chi connectivity index (χ1n) is 10.8. The van der Waals surface area contributed by atoms with Crippen molar-refractivity contribution in [2.24, 2.45) is 5.73 Å². The van der Waals surface area contributed by atoms with Crippen molar-refractivity contribution >= 4 is 23.6 Å². The van der Waals surface area contributed by atoms with Crippen molar-refractivity contribution < 1.29 is 9.59 Å². The van der Waals surface area contributed by atoms with Gasteiger partial charge in [-0.05, 0) is 30.9 Å². The number of primary amides is 1. The van der Waals surface area contributed by atoms with Crippen LogP contribution < -0.4 is 11.1 Å². The maximum Gasteiger partial charge on any atom is 0.234 e. The van der Waals surface area contributed by atoms with E-state index in [1.807, 2.05) is 72.2 Å². The van der Waals surface area contributed by atoms with Crippen molar-refractivity contribution in [1.82, 2.24) is 20.1 Å². The van der Waals surface area contributed by atoms with Gasteiger partial charge in [0.1, 0.15) is 5.82 Å². The highest BCUT2D eigenvalue weighted by Crippen LogP contribution is 2.40. The Balaban J connectivity index is 1.50. The maximum atomic E-state index is 13.2. The van der Waals surface area contributed by atoms with E-state index in [1.165, 1.54) is 11.8 Å². The van der Waals surface area contributed by atoms with E-state index in [0.29, 0.717) is 17.6 Å². The average Bonchev–Trinajstić information content (AvgIpc) is 3.58. The van der Waals surface area contributed by atoms with Crippen LogP contribution in [0.15, 0.2) is 65.8 Å². The average molecular weight is 450 g/mol. The molecule has 0 bridgehead atoms. The van der Waals surface area contributed by atoms with Gasteiger partial charge in [0.2, 0.25) is 11.8 Å². The third-order valence-corrected chi connectivity index (χ3v) is 6.55. The molecule has 4 rings (SSSR count). The summed E-state index contributed by atoms with van der Waals surface area (Å²) in [6.45, 7) is 2.29. The van der Waals surface area contributed by atoms with Crippen LogP contribution in [0, 0.1) is 0 Å². The Morgan fingerprint density at radius 2 is 1.66 bits per heavy atom. The van der Waals surface area contributed by atoms with Gasteiger partial charge in [0.25, 0.3) is 0 Å². The van der Waals surface area contributed by atoms with Gasteiger partial charge in [-0.1, -0.05) is 72.4 Å². The number of hydrogen-bond acceptors (Lipinski definition) is 5. The number of thioether (sulfide) groups is 1. The van der Waals surface area contributed by atoms with Gasteiger partial charge in [-0.2, -0.15) is 0 Å². The molecule has 1 aromatic heterocycles. The number of carbonyl (C=O) groups is 2. The monoisotopic (exact) mass is 449 g/mol. The molecule has 2 aromatic carbocycles. The van der Waals surface area contributed by atoms with Gasteiger partial charge in [0, 0.05) is 18.9 Å². The Hall–Kier alpha value is -3.13. The van der Waals surface area contributed by atoms with Crippen molar-refractivity contribution in [3.63, 3.8) is 0 Å². The van der Waals surface area contributed by atoms with E-state index in [0.717, 1.165) is 29.8 Å². The van der Waals surface area contributed by atoms with Gasteiger partial charge >= 0.3 is 0 Å². The summed E-state index contributed by atoms with van der Waals surface area (Å²) in [6.07, 6.45) is 2.37. The van der Waals surface area contributed by atoms with Crippen LogP contribution in [-0.4, -0.2) is 31.8 Å². The Bertz CT molecular complexity index is 1030. The molecule has 1 saturated carbocycles. The van der Waals surface area contributed by atoms with Gasteiger partial charge in [0.05, 0.1) is 11.3 Å². The highest BCUT2D eigenvalue weighted by atomic mass is 32.2. The smallest absolute Gasteiger partial charge is 0.234 e. The minimum atomic E-state index is -0.395. The molecule has 166 valence electrons. The molecule has 0 radical (unpaired) electrons. The van der Waals surface area contributed by atoms with Gasteiger partial charge in [-0.3, -0.25) is 9.59 Å². The number of nitrogens with zero attached hydrogens (tertiary/aromatic N) is 3. The van der Waals surface area contributed by atoms with E-state index in [-0.39, 0.29) is 24.3 Å². The van der Waals surface area contributed by atoms with E-state index >= 15 is 0 Å². The molecule has 32 heavy (non-hydrogen) atoms. The van der Waals surface area contributed by atoms with Crippen molar-refractivity contribution in [3.8, 4) is 0 Å². The van der Waals surface area contributed by atoms with Gasteiger partial charge < -0.3 is 15.6 Å². The summed E-state index contributed by atoms with van der Waals surface area (Å²) >= 11 is 1.35. The molecule has 8 heteroatoms. The molecule has 1 unspecified atom stereocenters. The van der Waals surface area contributed by atoms with E-state index in [4.69, 9.17) is 5.73 Å². The molecular formula is C24H27N5O2S. The number of benzene rings is 2. The lowest BCUT2D eigenvalue weighted by molar-refractivity contribution is -0.121. The van der Waals surface area contributed by atoms with E-state index in [2.05, 4.69) is 15.5 Å². The molecule has 1 aliphatic carbocycles. The molecule has 1 atom stereocenters. The minimum absolute atomic E-state index is 0.0925. The molecule has 1 fully saturated rings. The van der Waals surface area contributed by atoms with Crippen LogP contribution in [0.25, 0.3) is 0 Å². The second-order valence-corrected chi connectivity index (χ2v) is 9.31. The van der Waals surface area contributed by atoms with Crippen LogP contribution in [0.1, 0.15) is 55.1 Å². The normalized spacial score (nSPS) is 14.3. The van der Waals surface area contributed by atoms with Crippen LogP contribution >= 0.6 is 11.8 Å². The van der Waals surface area contributed by atoms with Gasteiger partial charge in [-0.25, -0.2) is 0 Å². The minimum Gasteiger partial charge on any atom is -0.370 e. The van der Waals surface area contributed by atoms with E-state index in [9.17, 15) is 9.59 Å². The Kier molecular flexibility index (Phi) is 6.90. The summed E-state index contributed by atoms with van der Waals surface area (Å²) in [5, 5.41) is 12.1. The molecule has 3 N–H and O–H groups in total. The van der Waals surface area contributed by atoms with Crippen LogP contribution in [0.5, 0.6) is 0 Å². The maximum absolute atomic E-state index is 13.2. The number of nitrogens with two attached hydrogens (primary N) is 1. The number of hydrogen-bond donors (Lipinski definition) is 2. The number of carbonyl (C=O) groups excluding carboxylic acids is 2. The zero-order valence-electron chi connectivity index (χ0n) is 18.0. The summed E-state index contributed by atoms with van der Waals surface area (Å²) in [5.41, 5.74) is 7.39. The zero-order valence-corrected chi connectivity index (χ0v) is 18.8. The van der Waals surface area contributed by atoms with Gasteiger partial charge in [0.15, 0.2) is 5.16 Å². The Morgan fingerprint density at radius 1 is 1.06 bits per heavy atom. The lowest BCUT2D eigenvalue weighted by atomic mass is 9.98. The first-order chi connectivity index (χ1) is 15.5. The topological polar surface area (TPSA) is 103 Å². The van der Waals surface area contributed by atoms with Crippen LogP contribution in [-0.2, 0) is 16.1 Å². The molecule has 1 heterocycles. The summed E-state index contributed by atoms with van der Waals surface area (Å²) in [4.78, 5) is 24.5. The number of rotatable bonds is 10. The predicted octanol–water partition coefficient (Wildman–Crippen LogP) is 3.42. The largest absolute Gasteiger partial charge is 0.370 e. The number of aromatic nitrogens is 3. The predicted molar refractivity (Wildman–Crippen MR) is 124 cm³/mol. The zero-order chi connectivity index (χ0) is 22.5. The molecule has 0 aliphatic heterocycles. The van der Waals surface area contributed by atoms with Crippen molar-refractivity contribution in [3.05, 3.63) is 77.6 Å². The SMILES string of the molecule is CC(Sc1nnc(C2CC2)n1CCC(N)=O)C(=O)NC(c1ccccc1)c1ccccc1. The Morgan fingerprint density at radius 3 is 2.19 bits per heavy atom. The van der Waals surface area contributed by atoms with Gasteiger partial charge in [-0.15, -0.1) is 10.2 Å². The van der Waals surface area contributed by atoms with E-state index in [1.54, 1.807) is 0 Å². The van der Waals surface area contributed by atoms with Crippen molar-refractivity contribution in [2.75, 3.05) is 0 Å². The highest BCUT2D eigenvalue weighted by molar-refractivity contribution is 8.00. The third-order valence-electron chi connectivity index (χ3n) is 5.47. The van der Waals surface area contributed by atoms with E-state index < -0.39 is 5.25 Å². The number of nitrogens with one attached hydrogen (secondary N) is 1. The van der Waals surface area contributed by atoms with Crippen LogP contribution in [0.2, 0.25) is 0 Å². The van der Waals surface area contributed by atoms with Crippen molar-refractivity contribution in [1.29, 1.82) is 0 Å². The lowest BCUT2D eigenvalue weighted by Gasteiger charge is -2.22. The fraction of sp³-hybridized carbons (Fsp3) is 0.333. The Labute approximate surface area is 191 Å². The molecule has 0 saturated heterocycles. The first-order valence-corrected chi connectivity index (χ1v) is 11.7. The molecule has 0 spiro atoms. The summed E-state index contributed by atoms with van der Waals surface area (Å²) in [7, 11) is 0. The molecule has 1 aliphatic rings. The lowest BCUT2D eigenvalue weighted by Crippen LogP contribution is -2.35. The molecule has 2 amide bonds. The molecule has 3 aromatic rings. The second kappa shape index (κ2) is 9.99. The fourth-order valence-electron chi connectivity index (χ4n) is 3.58. The summed E-state index contributed by atoms with van der Waals surface area (Å²) in [6, 6.07) is 19.6. The van der Waals surface area contributed by atoms with Crippen LogP contribution in [0.3, 0.4) is 0 Å². The standard InChI is InChI=1S/C24H27N5O2S/c1-16(32-24-28-27-22(19-12-13-19)29(24)15-14-20(25)30)23(31)26-21(17-8-4-2-5-9-17)18-10-6-3-7-11-18/h2-11,16,19,21H,12-15H2,1H3,(H2,25,30)(H,26,31).